The predicted molar refractivity (Wildman–Crippen MR) is 111 cm³/mol. The Hall–Kier alpha value is -3.11. The molecule has 4 nitrogen and oxygen atoms in total. The van der Waals surface area contributed by atoms with Crippen molar-refractivity contribution >= 4 is 5.91 Å². The van der Waals surface area contributed by atoms with Crippen molar-refractivity contribution in [3.63, 3.8) is 0 Å². The van der Waals surface area contributed by atoms with Crippen molar-refractivity contribution in [1.82, 2.24) is 4.90 Å². The molecule has 1 unspecified atom stereocenters. The zero-order valence-electron chi connectivity index (χ0n) is 16.4. The summed E-state index contributed by atoms with van der Waals surface area (Å²) in [5, 5.41) is 0. The van der Waals surface area contributed by atoms with Gasteiger partial charge in [-0.15, -0.1) is 0 Å². The molecule has 1 amide bonds. The van der Waals surface area contributed by atoms with Crippen LogP contribution in [0.25, 0.3) is 0 Å². The van der Waals surface area contributed by atoms with Gasteiger partial charge in [0.2, 0.25) is 5.91 Å². The first-order valence-electron chi connectivity index (χ1n) is 10.00. The molecule has 0 saturated carbocycles. The second kappa shape index (κ2) is 7.37. The third kappa shape index (κ3) is 3.30. The highest BCUT2D eigenvalue weighted by molar-refractivity contribution is 5.89. The Labute approximate surface area is 170 Å². The Morgan fingerprint density at radius 1 is 0.897 bits per heavy atom. The molecule has 2 aliphatic rings. The number of carbonyl (C=O) groups excluding carboxylic acids is 1. The lowest BCUT2D eigenvalue weighted by Gasteiger charge is -2.33. The average molecular weight is 385 g/mol. The van der Waals surface area contributed by atoms with Crippen LogP contribution in [0, 0.1) is 0 Å². The Bertz CT molecular complexity index is 1020. The minimum atomic E-state index is -0.364. The fourth-order valence-corrected chi connectivity index (χ4v) is 4.32. The maximum absolute atomic E-state index is 13.6. The van der Waals surface area contributed by atoms with E-state index < -0.39 is 0 Å². The first-order valence-corrected chi connectivity index (χ1v) is 10.00. The first-order chi connectivity index (χ1) is 14.2. The van der Waals surface area contributed by atoms with Crippen LogP contribution in [-0.2, 0) is 22.6 Å². The average Bonchev–Trinajstić information content (AvgIpc) is 2.77. The second-order valence-corrected chi connectivity index (χ2v) is 7.74. The Balaban J connectivity index is 1.39. The number of hydrogen-bond donors (Lipinski definition) is 0. The largest absolute Gasteiger partial charge is 0.457 e. The molecule has 0 fully saturated rings. The van der Waals surface area contributed by atoms with Crippen LogP contribution in [0.1, 0.15) is 28.2 Å². The zero-order chi connectivity index (χ0) is 19.8. The molecule has 0 aromatic heterocycles. The molecule has 2 aliphatic heterocycles. The van der Waals surface area contributed by atoms with E-state index in [-0.39, 0.29) is 17.9 Å². The molecule has 5 rings (SSSR count). The van der Waals surface area contributed by atoms with Gasteiger partial charge >= 0.3 is 0 Å². The molecule has 0 N–H and O–H groups in total. The van der Waals surface area contributed by atoms with Crippen LogP contribution in [0.15, 0.2) is 72.8 Å². The number of carbonyl (C=O) groups is 1. The minimum absolute atomic E-state index is 0.00387. The van der Waals surface area contributed by atoms with E-state index in [2.05, 4.69) is 18.2 Å². The van der Waals surface area contributed by atoms with Crippen molar-refractivity contribution in [2.45, 2.75) is 25.0 Å². The minimum Gasteiger partial charge on any atom is -0.457 e. The summed E-state index contributed by atoms with van der Waals surface area (Å²) in [5.74, 6) is 1.20. The number of benzene rings is 3. The van der Waals surface area contributed by atoms with Gasteiger partial charge in [0.1, 0.15) is 11.5 Å². The van der Waals surface area contributed by atoms with Crippen molar-refractivity contribution in [2.24, 2.45) is 0 Å². The fourth-order valence-electron chi connectivity index (χ4n) is 4.32. The van der Waals surface area contributed by atoms with Crippen LogP contribution in [0.2, 0.25) is 0 Å². The van der Waals surface area contributed by atoms with E-state index in [4.69, 9.17) is 9.47 Å². The van der Waals surface area contributed by atoms with Crippen LogP contribution in [-0.4, -0.2) is 30.5 Å². The third-order valence-electron chi connectivity index (χ3n) is 5.82. The normalized spacial score (nSPS) is 17.5. The molecule has 146 valence electrons. The maximum atomic E-state index is 13.6. The number of para-hydroxylation sites is 2. The van der Waals surface area contributed by atoms with Crippen LogP contribution in [0.5, 0.6) is 11.5 Å². The van der Waals surface area contributed by atoms with E-state index in [1.807, 2.05) is 66.5 Å². The van der Waals surface area contributed by atoms with E-state index in [0.717, 1.165) is 29.0 Å². The van der Waals surface area contributed by atoms with Gasteiger partial charge in [-0.2, -0.15) is 0 Å². The van der Waals surface area contributed by atoms with E-state index in [1.165, 1.54) is 11.1 Å². The zero-order valence-corrected chi connectivity index (χ0v) is 16.4. The van der Waals surface area contributed by atoms with Crippen molar-refractivity contribution in [2.75, 3.05) is 13.6 Å². The molecule has 0 radical (unpaired) electrons. The SMILES string of the molecule is CN(CC1Cc2ccccc2CO1)C(=O)C1c2ccccc2Oc2ccccc21. The molecule has 29 heavy (non-hydrogen) atoms. The van der Waals surface area contributed by atoms with E-state index >= 15 is 0 Å². The van der Waals surface area contributed by atoms with E-state index in [1.54, 1.807) is 0 Å². The van der Waals surface area contributed by atoms with Crippen LogP contribution in [0.4, 0.5) is 0 Å². The summed E-state index contributed by atoms with van der Waals surface area (Å²) in [5.41, 5.74) is 4.38. The number of rotatable bonds is 3. The van der Waals surface area contributed by atoms with Crippen molar-refractivity contribution in [1.29, 1.82) is 0 Å². The summed E-state index contributed by atoms with van der Waals surface area (Å²) >= 11 is 0. The summed E-state index contributed by atoms with van der Waals surface area (Å²) in [4.78, 5) is 15.4. The highest BCUT2D eigenvalue weighted by Gasteiger charge is 2.35. The number of amides is 1. The quantitative estimate of drug-likeness (QED) is 0.665. The van der Waals surface area contributed by atoms with Gasteiger partial charge in [-0.3, -0.25) is 4.79 Å². The van der Waals surface area contributed by atoms with E-state index in [0.29, 0.717) is 13.2 Å². The van der Waals surface area contributed by atoms with Crippen LogP contribution >= 0.6 is 0 Å². The molecule has 0 bridgehead atoms. The molecule has 1 atom stereocenters. The van der Waals surface area contributed by atoms with Crippen molar-refractivity contribution in [3.05, 3.63) is 95.1 Å². The first kappa shape index (κ1) is 18.0. The topological polar surface area (TPSA) is 38.8 Å². The Kier molecular flexibility index (Phi) is 4.57. The third-order valence-corrected chi connectivity index (χ3v) is 5.82. The van der Waals surface area contributed by atoms with Crippen molar-refractivity contribution in [3.8, 4) is 11.5 Å². The summed E-state index contributed by atoms with van der Waals surface area (Å²) in [6.07, 6.45) is 0.832. The molecule has 0 spiro atoms. The van der Waals surface area contributed by atoms with Gasteiger partial charge in [-0.1, -0.05) is 60.7 Å². The smallest absolute Gasteiger partial charge is 0.234 e. The van der Waals surface area contributed by atoms with Gasteiger partial charge in [0.05, 0.1) is 18.6 Å². The molecular formula is C25H23NO3. The number of fused-ring (bicyclic) bond motifs is 3. The van der Waals surface area contributed by atoms with Crippen molar-refractivity contribution < 1.29 is 14.3 Å². The summed E-state index contributed by atoms with van der Waals surface area (Å²) in [6.45, 7) is 1.17. The van der Waals surface area contributed by atoms with Crippen LogP contribution in [0.3, 0.4) is 0 Å². The molecular weight excluding hydrogens is 362 g/mol. The van der Waals surface area contributed by atoms with Gasteiger partial charge in [-0.05, 0) is 23.3 Å². The molecule has 3 aromatic carbocycles. The molecule has 2 heterocycles. The summed E-state index contributed by atoms with van der Waals surface area (Å²) in [6, 6.07) is 24.0. The highest BCUT2D eigenvalue weighted by Crippen LogP contribution is 2.44. The number of ether oxygens (including phenoxy) is 2. The fraction of sp³-hybridized carbons (Fsp3) is 0.240. The Morgan fingerprint density at radius 3 is 2.17 bits per heavy atom. The number of likely N-dealkylation sites (N-methyl/N-ethyl adjacent to an activating group) is 1. The molecule has 0 aliphatic carbocycles. The van der Waals surface area contributed by atoms with Gasteiger partial charge in [-0.25, -0.2) is 0 Å². The number of hydrogen-bond acceptors (Lipinski definition) is 3. The Morgan fingerprint density at radius 2 is 1.48 bits per heavy atom. The molecule has 4 heteroatoms. The van der Waals surface area contributed by atoms with Gasteiger partial charge in [0, 0.05) is 31.1 Å². The lowest BCUT2D eigenvalue weighted by Crippen LogP contribution is -2.41. The van der Waals surface area contributed by atoms with E-state index in [9.17, 15) is 4.79 Å². The molecule has 0 saturated heterocycles. The maximum Gasteiger partial charge on any atom is 0.234 e. The monoisotopic (exact) mass is 385 g/mol. The second-order valence-electron chi connectivity index (χ2n) is 7.74. The number of nitrogens with zero attached hydrogens (tertiary/aromatic N) is 1. The van der Waals surface area contributed by atoms with Crippen LogP contribution < -0.4 is 4.74 Å². The lowest BCUT2D eigenvalue weighted by atomic mass is 9.86. The molecule has 3 aromatic rings. The predicted octanol–water partition coefficient (Wildman–Crippen LogP) is 4.52. The lowest BCUT2D eigenvalue weighted by molar-refractivity contribution is -0.132. The van der Waals surface area contributed by atoms with Gasteiger partial charge in [0.15, 0.2) is 0 Å². The van der Waals surface area contributed by atoms with Gasteiger partial charge < -0.3 is 14.4 Å². The summed E-state index contributed by atoms with van der Waals surface area (Å²) < 4.78 is 12.1. The van der Waals surface area contributed by atoms with Gasteiger partial charge in [0.25, 0.3) is 0 Å². The highest BCUT2D eigenvalue weighted by atomic mass is 16.5. The summed E-state index contributed by atoms with van der Waals surface area (Å²) in [7, 11) is 1.87. The standard InChI is InChI=1S/C25H23NO3/c1-26(15-19-14-17-8-2-3-9-18(17)16-28-19)25(27)24-20-10-4-6-12-22(20)29-23-13-7-5-11-21(23)24/h2-13,19,24H,14-16H2,1H3.